The quantitative estimate of drug-likeness (QED) is 0.347. The Morgan fingerprint density at radius 3 is 2.26 bits per heavy atom. The standard InChI is InChI=1S/C30H37N3O5S/c1-23-12-10-15-25(20-23)22-32(27(30(35)31-2)21-24-13-6-5-7-14-24)29(34)18-11-19-33(39(4,36)37)26-16-8-9-17-28(26)38-3/h5-10,12-17,20,27H,11,18-19,21-22H2,1-4H3,(H,31,35)/t27-/m1/s1. The Morgan fingerprint density at radius 1 is 0.949 bits per heavy atom. The van der Waals surface area contributed by atoms with Gasteiger partial charge in [-0.3, -0.25) is 13.9 Å². The molecule has 0 aliphatic carbocycles. The van der Waals surface area contributed by atoms with Crippen LogP contribution in [0.25, 0.3) is 0 Å². The van der Waals surface area contributed by atoms with Crippen molar-refractivity contribution >= 4 is 27.5 Å². The third kappa shape index (κ3) is 8.32. The number of methoxy groups -OCH3 is 1. The molecule has 1 atom stereocenters. The van der Waals surface area contributed by atoms with Crippen molar-refractivity contribution in [2.45, 2.75) is 38.8 Å². The van der Waals surface area contributed by atoms with E-state index in [9.17, 15) is 18.0 Å². The summed E-state index contributed by atoms with van der Waals surface area (Å²) >= 11 is 0. The van der Waals surface area contributed by atoms with Gasteiger partial charge in [-0.2, -0.15) is 0 Å². The molecular formula is C30H37N3O5S. The van der Waals surface area contributed by atoms with Crippen LogP contribution in [0, 0.1) is 6.92 Å². The summed E-state index contributed by atoms with van der Waals surface area (Å²) in [5, 5.41) is 2.71. The van der Waals surface area contributed by atoms with Gasteiger partial charge in [0.1, 0.15) is 11.8 Å². The second-order valence-corrected chi connectivity index (χ2v) is 11.3. The molecule has 39 heavy (non-hydrogen) atoms. The highest BCUT2D eigenvalue weighted by Gasteiger charge is 2.30. The molecule has 0 saturated heterocycles. The number of sulfonamides is 1. The van der Waals surface area contributed by atoms with Crippen molar-refractivity contribution in [2.24, 2.45) is 0 Å². The zero-order chi connectivity index (χ0) is 28.4. The molecule has 3 aromatic carbocycles. The number of amides is 2. The molecule has 8 nitrogen and oxygen atoms in total. The van der Waals surface area contributed by atoms with Gasteiger partial charge in [0.15, 0.2) is 0 Å². The number of carbonyl (C=O) groups excluding carboxylic acids is 2. The molecular weight excluding hydrogens is 514 g/mol. The van der Waals surface area contributed by atoms with E-state index in [1.54, 1.807) is 36.2 Å². The first-order chi connectivity index (χ1) is 18.6. The van der Waals surface area contributed by atoms with Gasteiger partial charge in [0.2, 0.25) is 21.8 Å². The van der Waals surface area contributed by atoms with E-state index in [1.165, 1.54) is 11.4 Å². The van der Waals surface area contributed by atoms with Crippen molar-refractivity contribution in [3.8, 4) is 5.75 Å². The van der Waals surface area contributed by atoms with Gasteiger partial charge in [0, 0.05) is 33.0 Å². The number of benzene rings is 3. The second-order valence-electron chi connectivity index (χ2n) is 9.44. The van der Waals surface area contributed by atoms with Crippen LogP contribution in [0.2, 0.25) is 0 Å². The smallest absolute Gasteiger partial charge is 0.242 e. The molecule has 0 aliphatic rings. The zero-order valence-corrected chi connectivity index (χ0v) is 23.8. The Labute approximate surface area is 231 Å². The third-order valence-electron chi connectivity index (χ3n) is 6.46. The van der Waals surface area contributed by atoms with Gasteiger partial charge in [-0.05, 0) is 36.6 Å². The summed E-state index contributed by atoms with van der Waals surface area (Å²) in [5.74, 6) is -0.0565. The maximum Gasteiger partial charge on any atom is 0.242 e. The summed E-state index contributed by atoms with van der Waals surface area (Å²) in [6, 6.07) is 23.6. The lowest BCUT2D eigenvalue weighted by Gasteiger charge is -2.32. The van der Waals surface area contributed by atoms with Crippen LogP contribution in [0.4, 0.5) is 5.69 Å². The Hall–Kier alpha value is -3.85. The average molecular weight is 552 g/mol. The number of ether oxygens (including phenoxy) is 1. The fourth-order valence-electron chi connectivity index (χ4n) is 4.55. The van der Waals surface area contributed by atoms with Crippen LogP contribution in [0.1, 0.15) is 29.5 Å². The maximum atomic E-state index is 13.7. The lowest BCUT2D eigenvalue weighted by atomic mass is 10.0. The van der Waals surface area contributed by atoms with Gasteiger partial charge in [0.25, 0.3) is 0 Å². The number of hydrogen-bond acceptors (Lipinski definition) is 5. The molecule has 0 heterocycles. The van der Waals surface area contributed by atoms with Gasteiger partial charge in [-0.25, -0.2) is 8.42 Å². The molecule has 9 heteroatoms. The van der Waals surface area contributed by atoms with Crippen molar-refractivity contribution < 1.29 is 22.7 Å². The molecule has 1 N–H and O–H groups in total. The van der Waals surface area contributed by atoms with E-state index in [-0.39, 0.29) is 37.7 Å². The number of rotatable bonds is 13. The number of hydrogen-bond donors (Lipinski definition) is 1. The van der Waals surface area contributed by atoms with Crippen LogP contribution in [0.3, 0.4) is 0 Å². The van der Waals surface area contributed by atoms with E-state index in [2.05, 4.69) is 5.32 Å². The number of carbonyl (C=O) groups is 2. The molecule has 0 aromatic heterocycles. The summed E-state index contributed by atoms with van der Waals surface area (Å²) in [6.45, 7) is 2.33. The Bertz CT molecular complexity index is 1360. The van der Waals surface area contributed by atoms with E-state index in [0.717, 1.165) is 22.9 Å². The minimum atomic E-state index is -3.63. The Balaban J connectivity index is 1.86. The first kappa shape index (κ1) is 29.7. The van der Waals surface area contributed by atoms with Crippen LogP contribution in [0.5, 0.6) is 5.75 Å². The molecule has 2 amide bonds. The number of nitrogens with one attached hydrogen (secondary N) is 1. The van der Waals surface area contributed by atoms with E-state index in [0.29, 0.717) is 17.9 Å². The first-order valence-electron chi connectivity index (χ1n) is 12.8. The summed E-state index contributed by atoms with van der Waals surface area (Å²) in [7, 11) is -0.586. The molecule has 0 fully saturated rings. The molecule has 3 rings (SSSR count). The molecule has 3 aromatic rings. The van der Waals surface area contributed by atoms with Crippen molar-refractivity contribution in [3.63, 3.8) is 0 Å². The highest BCUT2D eigenvalue weighted by Crippen LogP contribution is 2.30. The highest BCUT2D eigenvalue weighted by molar-refractivity contribution is 7.92. The summed E-state index contributed by atoms with van der Waals surface area (Å²) in [4.78, 5) is 28.4. The SMILES string of the molecule is CNC(=O)[C@@H](Cc1ccccc1)N(Cc1cccc(C)c1)C(=O)CCCN(c1ccccc1OC)S(C)(=O)=O. The molecule has 0 aliphatic heterocycles. The third-order valence-corrected chi connectivity index (χ3v) is 7.64. The summed E-state index contributed by atoms with van der Waals surface area (Å²) < 4.78 is 31.9. The fraction of sp³-hybridized carbons (Fsp3) is 0.333. The van der Waals surface area contributed by atoms with Gasteiger partial charge in [-0.1, -0.05) is 72.3 Å². The number of nitrogens with zero attached hydrogens (tertiary/aromatic N) is 2. The minimum Gasteiger partial charge on any atom is -0.495 e. The number of aryl methyl sites for hydroxylation is 1. The molecule has 208 valence electrons. The molecule has 0 radical (unpaired) electrons. The molecule has 0 saturated carbocycles. The summed E-state index contributed by atoms with van der Waals surface area (Å²) in [6.07, 6.45) is 1.82. The lowest BCUT2D eigenvalue weighted by Crippen LogP contribution is -2.49. The lowest BCUT2D eigenvalue weighted by molar-refractivity contribution is -0.141. The first-order valence-corrected chi connectivity index (χ1v) is 14.7. The van der Waals surface area contributed by atoms with Crippen molar-refractivity contribution in [1.29, 1.82) is 0 Å². The number of likely N-dealkylation sites (N-methyl/N-ethyl adjacent to an activating group) is 1. The van der Waals surface area contributed by atoms with Crippen LogP contribution in [-0.4, -0.2) is 58.1 Å². The molecule has 0 bridgehead atoms. The van der Waals surface area contributed by atoms with E-state index >= 15 is 0 Å². The van der Waals surface area contributed by atoms with Gasteiger partial charge in [0.05, 0.1) is 19.1 Å². The fourth-order valence-corrected chi connectivity index (χ4v) is 5.51. The predicted octanol–water partition coefficient (Wildman–Crippen LogP) is 3.94. The maximum absolute atomic E-state index is 13.7. The van der Waals surface area contributed by atoms with Crippen LogP contribution >= 0.6 is 0 Å². The second kappa shape index (κ2) is 13.8. The van der Waals surface area contributed by atoms with Crippen LogP contribution < -0.4 is 14.4 Å². The molecule has 0 spiro atoms. The minimum absolute atomic E-state index is 0.0648. The van der Waals surface area contributed by atoms with Crippen LogP contribution in [-0.2, 0) is 32.6 Å². The van der Waals surface area contributed by atoms with Crippen LogP contribution in [0.15, 0.2) is 78.9 Å². The van der Waals surface area contributed by atoms with Crippen molar-refractivity contribution in [3.05, 3.63) is 95.6 Å². The topological polar surface area (TPSA) is 96.0 Å². The number of para-hydroxylation sites is 2. The van der Waals surface area contributed by atoms with E-state index in [1.807, 2.05) is 61.5 Å². The van der Waals surface area contributed by atoms with Crippen molar-refractivity contribution in [1.82, 2.24) is 10.2 Å². The van der Waals surface area contributed by atoms with E-state index in [4.69, 9.17) is 4.74 Å². The van der Waals surface area contributed by atoms with Gasteiger partial charge >= 0.3 is 0 Å². The monoisotopic (exact) mass is 551 g/mol. The predicted molar refractivity (Wildman–Crippen MR) is 154 cm³/mol. The Morgan fingerprint density at radius 2 is 1.62 bits per heavy atom. The Kier molecular flexibility index (Phi) is 10.5. The average Bonchev–Trinajstić information content (AvgIpc) is 2.92. The van der Waals surface area contributed by atoms with Gasteiger partial charge in [-0.15, -0.1) is 0 Å². The summed E-state index contributed by atoms with van der Waals surface area (Å²) in [5.41, 5.74) is 3.32. The van der Waals surface area contributed by atoms with Gasteiger partial charge < -0.3 is 15.0 Å². The highest BCUT2D eigenvalue weighted by atomic mass is 32.2. The normalized spacial score (nSPS) is 11.9. The van der Waals surface area contributed by atoms with E-state index < -0.39 is 16.1 Å². The van der Waals surface area contributed by atoms with Crippen molar-refractivity contribution in [2.75, 3.05) is 31.3 Å². The largest absolute Gasteiger partial charge is 0.495 e. The number of anilines is 1. The zero-order valence-electron chi connectivity index (χ0n) is 23.0. The molecule has 0 unspecified atom stereocenters.